The van der Waals surface area contributed by atoms with Gasteiger partial charge < -0.3 is 15.7 Å². The molecule has 0 aromatic carbocycles. The van der Waals surface area contributed by atoms with E-state index in [-0.39, 0.29) is 30.5 Å². The smallest absolute Gasteiger partial charge is 0.225 e. The first-order valence-electron chi connectivity index (χ1n) is 7.30. The Morgan fingerprint density at radius 3 is 2.42 bits per heavy atom. The number of hydrogen-bond donors (Lipinski definition) is 2. The van der Waals surface area contributed by atoms with Crippen molar-refractivity contribution in [3.8, 4) is 0 Å². The number of halogens is 1. The minimum Gasteiger partial charge on any atom is -0.393 e. The monoisotopic (exact) mass is 290 g/mol. The molecule has 112 valence electrons. The van der Waals surface area contributed by atoms with Gasteiger partial charge in [-0.25, -0.2) is 0 Å². The summed E-state index contributed by atoms with van der Waals surface area (Å²) in [6.07, 6.45) is 5.63. The van der Waals surface area contributed by atoms with E-state index in [2.05, 4.69) is 0 Å². The number of aliphatic hydroxyl groups excluding tert-OH is 1. The number of carbonyl (C=O) groups excluding carboxylic acids is 1. The number of likely N-dealkylation sites (tertiary alicyclic amines) is 1. The molecule has 0 bridgehead atoms. The highest BCUT2D eigenvalue weighted by Crippen LogP contribution is 2.27. The topological polar surface area (TPSA) is 66.6 Å². The number of aliphatic hydroxyl groups is 1. The van der Waals surface area contributed by atoms with Crippen LogP contribution in [0.15, 0.2) is 0 Å². The Balaban J connectivity index is 0.00000180. The summed E-state index contributed by atoms with van der Waals surface area (Å²) in [6.45, 7) is 3.46. The van der Waals surface area contributed by atoms with Crippen LogP contribution in [0.1, 0.15) is 45.4 Å². The lowest BCUT2D eigenvalue weighted by molar-refractivity contribution is -0.138. The Kier molecular flexibility index (Phi) is 6.57. The molecule has 5 heteroatoms. The van der Waals surface area contributed by atoms with Gasteiger partial charge >= 0.3 is 0 Å². The van der Waals surface area contributed by atoms with Gasteiger partial charge in [-0.3, -0.25) is 4.79 Å². The average Bonchev–Trinajstić information content (AvgIpc) is 2.38. The summed E-state index contributed by atoms with van der Waals surface area (Å²) in [7, 11) is 0. The average molecular weight is 291 g/mol. The lowest BCUT2D eigenvalue weighted by atomic mass is 9.84. The van der Waals surface area contributed by atoms with Crippen LogP contribution in [0, 0.1) is 11.8 Å². The molecule has 19 heavy (non-hydrogen) atoms. The van der Waals surface area contributed by atoms with Gasteiger partial charge in [-0.2, -0.15) is 0 Å². The van der Waals surface area contributed by atoms with Crippen molar-refractivity contribution < 1.29 is 9.90 Å². The van der Waals surface area contributed by atoms with Crippen LogP contribution in [-0.2, 0) is 4.79 Å². The van der Waals surface area contributed by atoms with Crippen LogP contribution in [0.5, 0.6) is 0 Å². The highest BCUT2D eigenvalue weighted by Gasteiger charge is 2.31. The first-order valence-corrected chi connectivity index (χ1v) is 7.30. The predicted octanol–water partition coefficient (Wildman–Crippen LogP) is 1.55. The SMILES string of the molecule is CC(O)C1CCN(C(=O)C2CCCC(N)C2)CC1.Cl. The van der Waals surface area contributed by atoms with Crippen LogP contribution in [0.4, 0.5) is 0 Å². The summed E-state index contributed by atoms with van der Waals surface area (Å²) in [5, 5.41) is 9.57. The van der Waals surface area contributed by atoms with Crippen molar-refractivity contribution in [3.05, 3.63) is 0 Å². The summed E-state index contributed by atoms with van der Waals surface area (Å²) in [6, 6.07) is 0.211. The van der Waals surface area contributed by atoms with Crippen LogP contribution in [-0.4, -0.2) is 41.1 Å². The van der Waals surface area contributed by atoms with Gasteiger partial charge in [0.2, 0.25) is 5.91 Å². The Morgan fingerprint density at radius 2 is 1.89 bits per heavy atom. The maximum atomic E-state index is 12.4. The van der Waals surface area contributed by atoms with Gasteiger partial charge in [-0.1, -0.05) is 6.42 Å². The third-order valence-corrected chi connectivity index (χ3v) is 4.60. The summed E-state index contributed by atoms with van der Waals surface area (Å²) < 4.78 is 0. The van der Waals surface area contributed by atoms with E-state index in [1.165, 1.54) is 0 Å². The van der Waals surface area contributed by atoms with E-state index in [0.717, 1.165) is 51.6 Å². The molecule has 2 aliphatic rings. The van der Waals surface area contributed by atoms with Crippen molar-refractivity contribution in [1.82, 2.24) is 4.90 Å². The number of nitrogens with two attached hydrogens (primary N) is 1. The fraction of sp³-hybridized carbons (Fsp3) is 0.929. The first kappa shape index (κ1) is 16.7. The fourth-order valence-electron chi connectivity index (χ4n) is 3.31. The van der Waals surface area contributed by atoms with Crippen molar-refractivity contribution in [3.63, 3.8) is 0 Å². The van der Waals surface area contributed by atoms with Crippen molar-refractivity contribution in [2.75, 3.05) is 13.1 Å². The Labute approximate surface area is 122 Å². The summed E-state index contributed by atoms with van der Waals surface area (Å²) in [4.78, 5) is 14.4. The number of carbonyl (C=O) groups is 1. The first-order chi connectivity index (χ1) is 8.58. The molecule has 3 unspecified atom stereocenters. The van der Waals surface area contributed by atoms with E-state index < -0.39 is 0 Å². The van der Waals surface area contributed by atoms with E-state index in [9.17, 15) is 9.90 Å². The Bertz CT molecular complexity index is 291. The molecule has 3 N–H and O–H groups in total. The molecule has 1 aliphatic carbocycles. The fourth-order valence-corrected chi connectivity index (χ4v) is 3.31. The standard InChI is InChI=1S/C14H26N2O2.ClH/c1-10(17)11-5-7-16(8-6-11)14(18)12-3-2-4-13(15)9-12;/h10-13,17H,2-9,15H2,1H3;1H. The molecule has 0 aromatic rings. The van der Waals surface area contributed by atoms with Crippen molar-refractivity contribution >= 4 is 18.3 Å². The third-order valence-electron chi connectivity index (χ3n) is 4.60. The Morgan fingerprint density at radius 1 is 1.26 bits per heavy atom. The van der Waals surface area contributed by atoms with E-state index in [1.54, 1.807) is 0 Å². The number of hydrogen-bond acceptors (Lipinski definition) is 3. The molecular weight excluding hydrogens is 264 g/mol. The molecule has 2 fully saturated rings. The van der Waals surface area contributed by atoms with Gasteiger partial charge in [-0.15, -0.1) is 12.4 Å². The molecular formula is C14H27ClN2O2. The second kappa shape index (κ2) is 7.46. The molecule has 3 atom stereocenters. The molecule has 1 heterocycles. The van der Waals surface area contributed by atoms with E-state index in [0.29, 0.717) is 11.8 Å². The van der Waals surface area contributed by atoms with Crippen LogP contribution in [0.2, 0.25) is 0 Å². The lowest BCUT2D eigenvalue weighted by Gasteiger charge is -2.36. The van der Waals surface area contributed by atoms with Gasteiger partial charge in [0.1, 0.15) is 0 Å². The van der Waals surface area contributed by atoms with Crippen LogP contribution in [0.25, 0.3) is 0 Å². The number of amides is 1. The predicted molar refractivity (Wildman–Crippen MR) is 78.2 cm³/mol. The molecule has 0 aromatic heterocycles. The van der Waals surface area contributed by atoms with Crippen LogP contribution < -0.4 is 5.73 Å². The van der Waals surface area contributed by atoms with Crippen LogP contribution in [0.3, 0.4) is 0 Å². The quantitative estimate of drug-likeness (QED) is 0.811. The normalized spacial score (nSPS) is 30.6. The second-order valence-corrected chi connectivity index (χ2v) is 6.03. The maximum absolute atomic E-state index is 12.4. The number of piperidine rings is 1. The molecule has 1 amide bonds. The van der Waals surface area contributed by atoms with Gasteiger partial charge in [0.05, 0.1) is 6.10 Å². The zero-order chi connectivity index (χ0) is 13.1. The highest BCUT2D eigenvalue weighted by atomic mass is 35.5. The zero-order valence-electron chi connectivity index (χ0n) is 11.8. The third kappa shape index (κ3) is 4.33. The molecule has 4 nitrogen and oxygen atoms in total. The summed E-state index contributed by atoms with van der Waals surface area (Å²) in [5.74, 6) is 0.814. The number of rotatable bonds is 2. The zero-order valence-corrected chi connectivity index (χ0v) is 12.6. The molecule has 1 aliphatic heterocycles. The lowest BCUT2D eigenvalue weighted by Crippen LogP contribution is -2.45. The van der Waals surface area contributed by atoms with Gasteiger partial charge in [0.25, 0.3) is 0 Å². The largest absolute Gasteiger partial charge is 0.393 e. The van der Waals surface area contributed by atoms with E-state index in [1.807, 2.05) is 11.8 Å². The number of nitrogens with zero attached hydrogens (tertiary/aromatic N) is 1. The molecule has 2 rings (SSSR count). The minimum atomic E-state index is -0.245. The van der Waals surface area contributed by atoms with Crippen molar-refractivity contribution in [1.29, 1.82) is 0 Å². The molecule has 1 saturated heterocycles. The van der Waals surface area contributed by atoms with Crippen LogP contribution >= 0.6 is 12.4 Å². The molecule has 1 saturated carbocycles. The van der Waals surface area contributed by atoms with Crippen molar-refractivity contribution in [2.45, 2.75) is 57.6 Å². The molecule has 0 spiro atoms. The van der Waals surface area contributed by atoms with E-state index in [4.69, 9.17) is 5.73 Å². The maximum Gasteiger partial charge on any atom is 0.225 e. The van der Waals surface area contributed by atoms with Crippen molar-refractivity contribution in [2.24, 2.45) is 17.6 Å². The van der Waals surface area contributed by atoms with Gasteiger partial charge in [0, 0.05) is 25.0 Å². The molecule has 0 radical (unpaired) electrons. The minimum absolute atomic E-state index is 0. The van der Waals surface area contributed by atoms with Gasteiger partial charge in [-0.05, 0) is 44.9 Å². The summed E-state index contributed by atoms with van der Waals surface area (Å²) >= 11 is 0. The van der Waals surface area contributed by atoms with Gasteiger partial charge in [0.15, 0.2) is 0 Å². The highest BCUT2D eigenvalue weighted by molar-refractivity contribution is 5.85. The van der Waals surface area contributed by atoms with E-state index >= 15 is 0 Å². The second-order valence-electron chi connectivity index (χ2n) is 6.03. The Hall–Kier alpha value is -0.320. The summed E-state index contributed by atoms with van der Waals surface area (Å²) in [5.41, 5.74) is 5.95.